The monoisotopic (exact) mass is 424 g/mol. The van der Waals surface area contributed by atoms with Crippen molar-refractivity contribution in [3.8, 4) is 5.75 Å². The van der Waals surface area contributed by atoms with Crippen molar-refractivity contribution >= 4 is 11.9 Å². The summed E-state index contributed by atoms with van der Waals surface area (Å²) in [5.41, 5.74) is 1.06. The van der Waals surface area contributed by atoms with Gasteiger partial charge in [-0.15, -0.1) is 0 Å². The lowest BCUT2D eigenvalue weighted by Crippen LogP contribution is -2.52. The average Bonchev–Trinajstić information content (AvgIpc) is 3.32. The van der Waals surface area contributed by atoms with E-state index in [2.05, 4.69) is 0 Å². The van der Waals surface area contributed by atoms with Crippen molar-refractivity contribution in [2.45, 2.75) is 37.4 Å². The zero-order valence-electron chi connectivity index (χ0n) is 17.6. The molecule has 0 aromatic heterocycles. The summed E-state index contributed by atoms with van der Waals surface area (Å²) in [6.45, 7) is 1.78. The third kappa shape index (κ3) is 3.71. The highest BCUT2D eigenvalue weighted by molar-refractivity contribution is 6.03. The number of rotatable bonds is 7. The van der Waals surface area contributed by atoms with Crippen molar-refractivity contribution in [3.63, 3.8) is 0 Å². The fraction of sp³-hybridized carbons (Fsp3) is 0.333. The first-order chi connectivity index (χ1) is 15.0. The van der Waals surface area contributed by atoms with Crippen LogP contribution in [0, 0.1) is 0 Å². The van der Waals surface area contributed by atoms with Crippen molar-refractivity contribution in [2.24, 2.45) is 0 Å². The molecule has 162 valence electrons. The molecule has 4 rings (SSSR count). The lowest BCUT2D eigenvalue weighted by atomic mass is 9.89. The maximum absolute atomic E-state index is 12.9. The Bertz CT molecular complexity index is 944. The molecule has 0 aliphatic carbocycles. The van der Waals surface area contributed by atoms with Gasteiger partial charge < -0.3 is 23.7 Å². The SMILES string of the molecule is COC(=O)C1=C(C(=O)OC)C2(C(Cc3ccccc3)Oc3ccccc3)OC(C)C1O2. The molecule has 2 aliphatic heterocycles. The Morgan fingerprint density at radius 1 is 0.935 bits per heavy atom. The van der Waals surface area contributed by atoms with E-state index in [1.54, 1.807) is 6.92 Å². The van der Waals surface area contributed by atoms with Crippen LogP contribution in [0.25, 0.3) is 0 Å². The molecule has 2 aliphatic rings. The summed E-state index contributed by atoms with van der Waals surface area (Å²) in [6.07, 6.45) is -1.66. The van der Waals surface area contributed by atoms with Gasteiger partial charge in [0.1, 0.15) is 17.4 Å². The van der Waals surface area contributed by atoms with Gasteiger partial charge in [-0.05, 0) is 24.6 Å². The van der Waals surface area contributed by atoms with Crippen molar-refractivity contribution < 1.29 is 33.3 Å². The second-order valence-electron chi connectivity index (χ2n) is 7.41. The average molecular weight is 424 g/mol. The molecule has 0 N–H and O–H groups in total. The Labute approximate surface area is 180 Å². The van der Waals surface area contributed by atoms with Gasteiger partial charge in [0.2, 0.25) is 5.79 Å². The maximum Gasteiger partial charge on any atom is 0.340 e. The molecular formula is C24H24O7. The first kappa shape index (κ1) is 21.1. The highest BCUT2D eigenvalue weighted by atomic mass is 16.8. The van der Waals surface area contributed by atoms with Gasteiger partial charge in [0, 0.05) is 6.42 Å². The Balaban J connectivity index is 1.83. The zero-order chi connectivity index (χ0) is 22.0. The fourth-order valence-corrected chi connectivity index (χ4v) is 4.13. The quantitative estimate of drug-likeness (QED) is 0.633. The van der Waals surface area contributed by atoms with E-state index in [-0.39, 0.29) is 11.1 Å². The van der Waals surface area contributed by atoms with Crippen molar-refractivity contribution in [1.82, 2.24) is 0 Å². The van der Waals surface area contributed by atoms with Crippen molar-refractivity contribution in [1.29, 1.82) is 0 Å². The minimum Gasteiger partial charge on any atom is -0.484 e. The van der Waals surface area contributed by atoms with E-state index in [1.807, 2.05) is 60.7 Å². The minimum absolute atomic E-state index is 0.0122. The molecular weight excluding hydrogens is 400 g/mol. The number of carbonyl (C=O) groups excluding carboxylic acids is 2. The molecule has 31 heavy (non-hydrogen) atoms. The predicted octanol–water partition coefficient (Wildman–Crippen LogP) is 2.83. The van der Waals surface area contributed by atoms with Crippen LogP contribution < -0.4 is 4.74 Å². The maximum atomic E-state index is 12.9. The van der Waals surface area contributed by atoms with Crippen LogP contribution in [0.15, 0.2) is 71.8 Å². The summed E-state index contributed by atoms with van der Waals surface area (Å²) >= 11 is 0. The first-order valence-corrected chi connectivity index (χ1v) is 10.0. The number of para-hydroxylation sites is 1. The van der Waals surface area contributed by atoms with Gasteiger partial charge in [0.15, 0.2) is 6.10 Å². The second kappa shape index (κ2) is 8.53. The third-order valence-electron chi connectivity index (χ3n) is 5.50. The van der Waals surface area contributed by atoms with Crippen LogP contribution in [0.1, 0.15) is 12.5 Å². The third-order valence-corrected chi connectivity index (χ3v) is 5.50. The number of ether oxygens (including phenoxy) is 5. The number of carbonyl (C=O) groups is 2. The predicted molar refractivity (Wildman–Crippen MR) is 110 cm³/mol. The fourth-order valence-electron chi connectivity index (χ4n) is 4.13. The Hall–Kier alpha value is -3.16. The molecule has 0 radical (unpaired) electrons. The highest BCUT2D eigenvalue weighted by Crippen LogP contribution is 2.50. The Morgan fingerprint density at radius 3 is 2.16 bits per heavy atom. The summed E-state index contributed by atoms with van der Waals surface area (Å²) in [6, 6.07) is 18.8. The van der Waals surface area contributed by atoms with Gasteiger partial charge in [0.05, 0.1) is 25.9 Å². The highest BCUT2D eigenvalue weighted by Gasteiger charge is 2.66. The normalized spacial score (nSPS) is 25.3. The largest absolute Gasteiger partial charge is 0.484 e. The van der Waals surface area contributed by atoms with Crippen LogP contribution in [-0.2, 0) is 35.0 Å². The molecule has 2 aromatic carbocycles. The smallest absolute Gasteiger partial charge is 0.340 e. The van der Waals surface area contributed by atoms with E-state index < -0.39 is 36.0 Å². The Morgan fingerprint density at radius 2 is 1.55 bits per heavy atom. The zero-order valence-corrected chi connectivity index (χ0v) is 17.6. The van der Waals surface area contributed by atoms with Gasteiger partial charge in [-0.25, -0.2) is 9.59 Å². The molecule has 0 saturated carbocycles. The topological polar surface area (TPSA) is 80.3 Å². The van der Waals surface area contributed by atoms with Crippen LogP contribution in [0.4, 0.5) is 0 Å². The van der Waals surface area contributed by atoms with E-state index in [4.69, 9.17) is 23.7 Å². The molecule has 2 heterocycles. The summed E-state index contributed by atoms with van der Waals surface area (Å²) < 4.78 is 28.7. The van der Waals surface area contributed by atoms with Crippen LogP contribution in [0.3, 0.4) is 0 Å². The van der Waals surface area contributed by atoms with Gasteiger partial charge in [0.25, 0.3) is 0 Å². The molecule has 7 nitrogen and oxygen atoms in total. The van der Waals surface area contributed by atoms with Gasteiger partial charge in [-0.1, -0.05) is 48.5 Å². The minimum atomic E-state index is -1.62. The lowest BCUT2D eigenvalue weighted by molar-refractivity contribution is -0.195. The van der Waals surface area contributed by atoms with Gasteiger partial charge in [-0.3, -0.25) is 0 Å². The summed E-state index contributed by atoms with van der Waals surface area (Å²) in [4.78, 5) is 25.4. The molecule has 1 fully saturated rings. The molecule has 2 aromatic rings. The van der Waals surface area contributed by atoms with Crippen molar-refractivity contribution in [3.05, 3.63) is 77.4 Å². The Kier molecular flexibility index (Phi) is 5.80. The van der Waals surface area contributed by atoms with Gasteiger partial charge in [-0.2, -0.15) is 0 Å². The number of fused-ring (bicyclic) bond motifs is 2. The second-order valence-corrected chi connectivity index (χ2v) is 7.41. The number of hydrogen-bond acceptors (Lipinski definition) is 7. The summed E-state index contributed by atoms with van der Waals surface area (Å²) in [5.74, 6) is -2.41. The molecule has 2 bridgehead atoms. The van der Waals surface area contributed by atoms with Crippen molar-refractivity contribution in [2.75, 3.05) is 14.2 Å². The number of hydrogen-bond donors (Lipinski definition) is 0. The van der Waals surface area contributed by atoms with Gasteiger partial charge >= 0.3 is 11.9 Å². The van der Waals surface area contributed by atoms with E-state index in [0.717, 1.165) is 5.56 Å². The van der Waals surface area contributed by atoms with E-state index in [1.165, 1.54) is 14.2 Å². The van der Waals surface area contributed by atoms with E-state index in [9.17, 15) is 9.59 Å². The molecule has 1 saturated heterocycles. The standard InChI is InChI=1S/C24H24O7/c1-15-21-19(22(25)27-2)20(23(26)28-3)24(30-15,31-21)18(14-16-10-6-4-7-11-16)29-17-12-8-5-9-13-17/h4-13,15,18,21H,14H2,1-3H3. The van der Waals surface area contributed by atoms with Crippen LogP contribution in [-0.4, -0.2) is 50.3 Å². The van der Waals surface area contributed by atoms with Crippen LogP contribution >= 0.6 is 0 Å². The summed E-state index contributed by atoms with van der Waals surface area (Å²) in [7, 11) is 2.51. The summed E-state index contributed by atoms with van der Waals surface area (Å²) in [5, 5.41) is 0. The molecule has 0 spiro atoms. The van der Waals surface area contributed by atoms with E-state index in [0.29, 0.717) is 12.2 Å². The van der Waals surface area contributed by atoms with E-state index >= 15 is 0 Å². The lowest BCUT2D eigenvalue weighted by Gasteiger charge is -2.36. The number of methoxy groups -OCH3 is 2. The molecule has 4 atom stereocenters. The van der Waals surface area contributed by atoms with Crippen LogP contribution in [0.5, 0.6) is 5.75 Å². The van der Waals surface area contributed by atoms with Crippen LogP contribution in [0.2, 0.25) is 0 Å². The first-order valence-electron chi connectivity index (χ1n) is 10.0. The number of esters is 2. The molecule has 0 amide bonds. The molecule has 7 heteroatoms. The molecule has 4 unspecified atom stereocenters. The number of benzene rings is 2.